The Kier molecular flexibility index (Phi) is 6.23. The van der Waals surface area contributed by atoms with Gasteiger partial charge >= 0.3 is 6.01 Å². The number of hydrazine groups is 1. The molecule has 0 saturated heterocycles. The first-order chi connectivity index (χ1) is 9.10. The Balaban J connectivity index is 2.82. The number of nitrogens with zero attached hydrogens (tertiary/aromatic N) is 5. The first kappa shape index (κ1) is 15.4. The van der Waals surface area contributed by atoms with Crippen LogP contribution < -0.4 is 20.9 Å². The van der Waals surface area contributed by atoms with E-state index in [1.165, 1.54) is 0 Å². The van der Waals surface area contributed by atoms with Gasteiger partial charge in [-0.25, -0.2) is 5.84 Å². The molecule has 0 aromatic carbocycles. The van der Waals surface area contributed by atoms with Crippen molar-refractivity contribution in [2.75, 3.05) is 50.7 Å². The molecule has 0 bridgehead atoms. The topological polar surface area (TPSA) is 92.4 Å². The van der Waals surface area contributed by atoms with Crippen LogP contribution in [0.1, 0.15) is 13.8 Å². The van der Waals surface area contributed by atoms with Crippen LogP contribution in [-0.4, -0.2) is 60.2 Å². The fourth-order valence-electron chi connectivity index (χ4n) is 1.44. The van der Waals surface area contributed by atoms with Crippen LogP contribution in [0.5, 0.6) is 6.01 Å². The average Bonchev–Trinajstić information content (AvgIpc) is 2.39. The van der Waals surface area contributed by atoms with Gasteiger partial charge in [-0.1, -0.05) is 0 Å². The quantitative estimate of drug-likeness (QED) is 0.501. The van der Waals surface area contributed by atoms with Crippen molar-refractivity contribution in [3.05, 3.63) is 0 Å². The van der Waals surface area contributed by atoms with Crippen molar-refractivity contribution in [2.24, 2.45) is 5.84 Å². The van der Waals surface area contributed by atoms with Crippen molar-refractivity contribution in [3.63, 3.8) is 0 Å². The molecule has 0 saturated carbocycles. The molecule has 1 rings (SSSR count). The van der Waals surface area contributed by atoms with E-state index >= 15 is 0 Å². The van der Waals surface area contributed by atoms with Gasteiger partial charge in [0.05, 0.1) is 0 Å². The summed E-state index contributed by atoms with van der Waals surface area (Å²) < 4.78 is 5.51. The van der Waals surface area contributed by atoms with Crippen molar-refractivity contribution < 1.29 is 4.74 Å². The summed E-state index contributed by atoms with van der Waals surface area (Å²) in [5, 5.41) is 0. The van der Waals surface area contributed by atoms with E-state index in [4.69, 9.17) is 10.6 Å². The molecule has 3 N–H and O–H groups in total. The molecule has 0 fully saturated rings. The predicted molar refractivity (Wildman–Crippen MR) is 75.2 cm³/mol. The van der Waals surface area contributed by atoms with Gasteiger partial charge in [-0.3, -0.25) is 5.43 Å². The SMILES string of the molecule is CCN(CC)c1nc(NN)nc(OCCN(C)C)n1. The molecular weight excluding hydrogens is 246 g/mol. The highest BCUT2D eigenvalue weighted by Crippen LogP contribution is 2.14. The van der Waals surface area contributed by atoms with E-state index in [9.17, 15) is 0 Å². The second-order valence-corrected chi connectivity index (χ2v) is 4.21. The zero-order valence-electron chi connectivity index (χ0n) is 12.1. The molecule has 1 aromatic rings. The van der Waals surface area contributed by atoms with Gasteiger partial charge in [0.2, 0.25) is 11.9 Å². The van der Waals surface area contributed by atoms with E-state index in [0.717, 1.165) is 19.6 Å². The van der Waals surface area contributed by atoms with Crippen LogP contribution >= 0.6 is 0 Å². The maximum atomic E-state index is 5.51. The number of nitrogen functional groups attached to an aromatic ring is 1. The zero-order chi connectivity index (χ0) is 14.3. The molecule has 0 radical (unpaired) electrons. The standard InChI is InChI=1S/C11H23N7O/c1-5-18(6-2)10-13-9(16-12)14-11(15-10)19-8-7-17(3)4/h5-8,12H2,1-4H3,(H,13,14,15,16). The van der Waals surface area contributed by atoms with Crippen LogP contribution in [0.4, 0.5) is 11.9 Å². The van der Waals surface area contributed by atoms with Gasteiger partial charge in [-0.05, 0) is 27.9 Å². The Labute approximate surface area is 114 Å². The third-order valence-electron chi connectivity index (χ3n) is 2.55. The Morgan fingerprint density at radius 1 is 1.16 bits per heavy atom. The molecule has 1 aromatic heterocycles. The van der Waals surface area contributed by atoms with Gasteiger partial charge in [0.1, 0.15) is 6.61 Å². The van der Waals surface area contributed by atoms with E-state index in [0.29, 0.717) is 18.5 Å². The lowest BCUT2D eigenvalue weighted by atomic mass is 10.5. The number of likely N-dealkylation sites (N-methyl/N-ethyl adjacent to an activating group) is 1. The van der Waals surface area contributed by atoms with Crippen molar-refractivity contribution in [3.8, 4) is 6.01 Å². The number of ether oxygens (including phenoxy) is 1. The van der Waals surface area contributed by atoms with Crippen LogP contribution in [0, 0.1) is 0 Å². The lowest BCUT2D eigenvalue weighted by Crippen LogP contribution is -2.26. The highest BCUT2D eigenvalue weighted by Gasteiger charge is 2.11. The Hall–Kier alpha value is -1.67. The summed E-state index contributed by atoms with van der Waals surface area (Å²) >= 11 is 0. The van der Waals surface area contributed by atoms with Gasteiger partial charge in [0.25, 0.3) is 0 Å². The van der Waals surface area contributed by atoms with Gasteiger partial charge in [0.15, 0.2) is 0 Å². The molecule has 108 valence electrons. The number of rotatable bonds is 8. The molecule has 8 heteroatoms. The Morgan fingerprint density at radius 3 is 2.37 bits per heavy atom. The molecule has 8 nitrogen and oxygen atoms in total. The first-order valence-electron chi connectivity index (χ1n) is 6.35. The van der Waals surface area contributed by atoms with E-state index in [1.807, 2.05) is 37.7 Å². The second-order valence-electron chi connectivity index (χ2n) is 4.21. The lowest BCUT2D eigenvalue weighted by molar-refractivity contribution is 0.245. The molecule has 0 spiro atoms. The third-order valence-corrected chi connectivity index (χ3v) is 2.55. The van der Waals surface area contributed by atoms with E-state index in [1.54, 1.807) is 0 Å². The molecule has 19 heavy (non-hydrogen) atoms. The van der Waals surface area contributed by atoms with Crippen molar-refractivity contribution in [2.45, 2.75) is 13.8 Å². The van der Waals surface area contributed by atoms with Crippen LogP contribution in [0.25, 0.3) is 0 Å². The molecule has 0 amide bonds. The molecule has 0 aliphatic rings. The van der Waals surface area contributed by atoms with Crippen LogP contribution in [-0.2, 0) is 0 Å². The first-order valence-corrected chi connectivity index (χ1v) is 6.35. The zero-order valence-corrected chi connectivity index (χ0v) is 12.1. The summed E-state index contributed by atoms with van der Waals surface area (Å²) in [4.78, 5) is 16.6. The Bertz CT molecular complexity index is 381. The largest absolute Gasteiger partial charge is 0.462 e. The summed E-state index contributed by atoms with van der Waals surface area (Å²) in [6.07, 6.45) is 0. The summed E-state index contributed by atoms with van der Waals surface area (Å²) in [6.45, 7) is 6.99. The fraction of sp³-hybridized carbons (Fsp3) is 0.727. The predicted octanol–water partition coefficient (Wildman–Crippen LogP) is -0.0562. The third kappa shape index (κ3) is 4.84. The highest BCUT2D eigenvalue weighted by molar-refractivity contribution is 5.37. The maximum Gasteiger partial charge on any atom is 0.323 e. The summed E-state index contributed by atoms with van der Waals surface area (Å²) in [7, 11) is 3.95. The average molecular weight is 269 g/mol. The minimum absolute atomic E-state index is 0.284. The van der Waals surface area contributed by atoms with E-state index in [-0.39, 0.29) is 6.01 Å². The molecular formula is C11H23N7O. The minimum atomic E-state index is 0.284. The summed E-state index contributed by atoms with van der Waals surface area (Å²) in [5.74, 6) is 6.23. The number of hydrogen-bond acceptors (Lipinski definition) is 8. The minimum Gasteiger partial charge on any atom is -0.462 e. The van der Waals surface area contributed by atoms with Gasteiger partial charge in [0, 0.05) is 19.6 Å². The number of nitrogens with two attached hydrogens (primary N) is 1. The summed E-state index contributed by atoms with van der Waals surface area (Å²) in [6, 6.07) is 0.284. The van der Waals surface area contributed by atoms with Gasteiger partial charge in [-0.15, -0.1) is 0 Å². The fourth-order valence-corrected chi connectivity index (χ4v) is 1.44. The van der Waals surface area contributed by atoms with Crippen molar-refractivity contribution in [1.82, 2.24) is 19.9 Å². The number of nitrogens with one attached hydrogen (secondary N) is 1. The summed E-state index contributed by atoms with van der Waals surface area (Å²) in [5.41, 5.74) is 2.43. The number of aromatic nitrogens is 3. The molecule has 0 aliphatic heterocycles. The smallest absolute Gasteiger partial charge is 0.323 e. The second kappa shape index (κ2) is 7.70. The van der Waals surface area contributed by atoms with Crippen molar-refractivity contribution in [1.29, 1.82) is 0 Å². The Morgan fingerprint density at radius 2 is 1.84 bits per heavy atom. The lowest BCUT2D eigenvalue weighted by Gasteiger charge is -2.19. The highest BCUT2D eigenvalue weighted by atomic mass is 16.5. The van der Waals surface area contributed by atoms with Crippen molar-refractivity contribution >= 4 is 11.9 Å². The van der Waals surface area contributed by atoms with E-state index in [2.05, 4.69) is 20.4 Å². The molecule has 1 heterocycles. The van der Waals surface area contributed by atoms with Gasteiger partial charge < -0.3 is 14.5 Å². The molecule has 0 aliphatic carbocycles. The normalized spacial score (nSPS) is 10.6. The monoisotopic (exact) mass is 269 g/mol. The number of hydrogen-bond donors (Lipinski definition) is 2. The molecule has 0 unspecified atom stereocenters. The van der Waals surface area contributed by atoms with Crippen LogP contribution in [0.15, 0.2) is 0 Å². The van der Waals surface area contributed by atoms with Crippen LogP contribution in [0.3, 0.4) is 0 Å². The van der Waals surface area contributed by atoms with Gasteiger partial charge in [-0.2, -0.15) is 15.0 Å². The molecule has 0 atom stereocenters. The number of anilines is 2. The maximum absolute atomic E-state index is 5.51. The van der Waals surface area contributed by atoms with E-state index < -0.39 is 0 Å². The van der Waals surface area contributed by atoms with Crippen LogP contribution in [0.2, 0.25) is 0 Å².